The number of carbonyl (C=O) groups excluding carboxylic acids is 1. The number of hydrogen-bond donors (Lipinski definition) is 2. The van der Waals surface area contributed by atoms with Crippen molar-refractivity contribution in [1.29, 1.82) is 0 Å². The second-order valence-electron chi connectivity index (χ2n) is 8.51. The van der Waals surface area contributed by atoms with E-state index in [1.54, 1.807) is 16.8 Å². The molecule has 0 radical (unpaired) electrons. The molecule has 0 spiro atoms. The van der Waals surface area contributed by atoms with Gasteiger partial charge in [-0.2, -0.15) is 5.10 Å². The lowest BCUT2D eigenvalue weighted by atomic mass is 10.1. The third-order valence-electron chi connectivity index (χ3n) is 6.20. The van der Waals surface area contributed by atoms with E-state index in [1.807, 2.05) is 5.38 Å². The molecule has 1 amide bonds. The van der Waals surface area contributed by atoms with Crippen molar-refractivity contribution in [3.05, 3.63) is 53.1 Å². The number of thiophene rings is 1. The number of fused-ring (bicyclic) bond motifs is 1. The molecular weight excluding hydrogens is 436 g/mol. The van der Waals surface area contributed by atoms with E-state index in [4.69, 9.17) is 5.73 Å². The number of carbonyl (C=O) groups is 1. The quantitative estimate of drug-likeness (QED) is 0.469. The number of piperazine rings is 1. The van der Waals surface area contributed by atoms with Crippen molar-refractivity contribution in [2.45, 2.75) is 25.9 Å². The number of anilines is 3. The van der Waals surface area contributed by atoms with E-state index >= 15 is 0 Å². The molecule has 4 heterocycles. The summed E-state index contributed by atoms with van der Waals surface area (Å²) in [5, 5.41) is 9.58. The van der Waals surface area contributed by atoms with Gasteiger partial charge in [0.05, 0.1) is 16.8 Å². The minimum atomic E-state index is -0.448. The Bertz CT molecular complexity index is 1300. The molecule has 170 valence electrons. The van der Waals surface area contributed by atoms with Crippen molar-refractivity contribution in [2.75, 3.05) is 30.4 Å². The summed E-state index contributed by atoms with van der Waals surface area (Å²) < 4.78 is 1.71. The predicted octanol–water partition coefficient (Wildman–Crippen LogP) is 3.22. The Morgan fingerprint density at radius 2 is 1.94 bits per heavy atom. The highest BCUT2D eigenvalue weighted by molar-refractivity contribution is 7.12. The zero-order valence-corrected chi connectivity index (χ0v) is 19.6. The first-order valence-electron chi connectivity index (χ1n) is 10.8. The van der Waals surface area contributed by atoms with Crippen LogP contribution in [0.25, 0.3) is 16.9 Å². The Kier molecular flexibility index (Phi) is 5.47. The van der Waals surface area contributed by atoms with Gasteiger partial charge in [0.2, 0.25) is 0 Å². The fourth-order valence-corrected chi connectivity index (χ4v) is 4.99. The zero-order valence-electron chi connectivity index (χ0n) is 18.8. The molecule has 1 aromatic carbocycles. The number of nitrogens with one attached hydrogen (secondary N) is 1. The minimum absolute atomic E-state index is 0.448. The molecule has 33 heavy (non-hydrogen) atoms. The Balaban J connectivity index is 1.39. The lowest BCUT2D eigenvalue weighted by molar-refractivity contribution is 0.100. The van der Waals surface area contributed by atoms with Gasteiger partial charge in [0.1, 0.15) is 6.33 Å². The van der Waals surface area contributed by atoms with E-state index in [9.17, 15) is 4.79 Å². The second-order valence-corrected chi connectivity index (χ2v) is 9.42. The SMILES string of the molecule is CC1CN(c2ccc(Nc3ncc(-c4csc(C(N)=O)c4)n4ncnc34)cc2)[C@@H](C)CN1C. The van der Waals surface area contributed by atoms with Gasteiger partial charge in [-0.25, -0.2) is 14.5 Å². The fourth-order valence-electron chi connectivity index (χ4n) is 4.23. The van der Waals surface area contributed by atoms with E-state index < -0.39 is 5.91 Å². The highest BCUT2D eigenvalue weighted by Crippen LogP contribution is 2.29. The summed E-state index contributed by atoms with van der Waals surface area (Å²) in [7, 11) is 2.18. The molecule has 0 aliphatic carbocycles. The van der Waals surface area contributed by atoms with Crippen LogP contribution in [0.15, 0.2) is 48.2 Å². The second kappa shape index (κ2) is 8.45. The number of nitrogens with zero attached hydrogens (tertiary/aromatic N) is 6. The highest BCUT2D eigenvalue weighted by Gasteiger charge is 2.26. The van der Waals surface area contributed by atoms with Crippen LogP contribution in [-0.2, 0) is 0 Å². The molecule has 1 aliphatic rings. The Hall–Kier alpha value is -3.50. The maximum absolute atomic E-state index is 11.5. The minimum Gasteiger partial charge on any atom is -0.366 e. The summed E-state index contributed by atoms with van der Waals surface area (Å²) in [5.41, 5.74) is 9.69. The van der Waals surface area contributed by atoms with Crippen LogP contribution in [0, 0.1) is 0 Å². The van der Waals surface area contributed by atoms with Gasteiger partial charge in [-0.05, 0) is 51.2 Å². The average molecular weight is 463 g/mol. The van der Waals surface area contributed by atoms with Gasteiger partial charge in [0.15, 0.2) is 11.5 Å². The Labute approximate surface area is 195 Å². The van der Waals surface area contributed by atoms with Crippen molar-refractivity contribution < 1.29 is 4.79 Å². The predicted molar refractivity (Wildman–Crippen MR) is 131 cm³/mol. The van der Waals surface area contributed by atoms with Crippen LogP contribution < -0.4 is 16.0 Å². The molecule has 3 aromatic heterocycles. The van der Waals surface area contributed by atoms with E-state index in [-0.39, 0.29) is 0 Å². The molecule has 9 nitrogen and oxygen atoms in total. The van der Waals surface area contributed by atoms with Gasteiger partial charge in [0, 0.05) is 47.5 Å². The first-order valence-corrected chi connectivity index (χ1v) is 11.7. The monoisotopic (exact) mass is 462 g/mol. The molecule has 1 unspecified atom stereocenters. The number of hydrogen-bond acceptors (Lipinski definition) is 8. The number of primary amides is 1. The van der Waals surface area contributed by atoms with Gasteiger partial charge in [-0.3, -0.25) is 9.69 Å². The number of rotatable bonds is 5. The summed E-state index contributed by atoms with van der Waals surface area (Å²) in [6.45, 7) is 6.59. The molecule has 5 rings (SSSR count). The molecule has 2 atom stereocenters. The van der Waals surface area contributed by atoms with Crippen LogP contribution in [0.4, 0.5) is 17.2 Å². The van der Waals surface area contributed by atoms with E-state index in [0.29, 0.717) is 28.4 Å². The maximum Gasteiger partial charge on any atom is 0.258 e. The molecule has 1 fully saturated rings. The highest BCUT2D eigenvalue weighted by atomic mass is 32.1. The summed E-state index contributed by atoms with van der Waals surface area (Å²) in [6.07, 6.45) is 3.21. The Morgan fingerprint density at radius 3 is 2.67 bits per heavy atom. The summed E-state index contributed by atoms with van der Waals surface area (Å²) in [6, 6.07) is 11.1. The average Bonchev–Trinajstić information content (AvgIpc) is 3.48. The molecular formula is C23H26N8OS. The van der Waals surface area contributed by atoms with Crippen molar-refractivity contribution in [2.24, 2.45) is 5.73 Å². The van der Waals surface area contributed by atoms with Gasteiger partial charge in [0.25, 0.3) is 5.91 Å². The van der Waals surface area contributed by atoms with Gasteiger partial charge < -0.3 is 16.0 Å². The van der Waals surface area contributed by atoms with Crippen LogP contribution >= 0.6 is 11.3 Å². The third kappa shape index (κ3) is 4.03. The van der Waals surface area contributed by atoms with E-state index in [2.05, 4.69) is 75.3 Å². The lowest BCUT2D eigenvalue weighted by Gasteiger charge is -2.43. The topological polar surface area (TPSA) is 105 Å². The smallest absolute Gasteiger partial charge is 0.258 e. The van der Waals surface area contributed by atoms with Crippen LogP contribution in [0.2, 0.25) is 0 Å². The van der Waals surface area contributed by atoms with Crippen molar-refractivity contribution in [1.82, 2.24) is 24.5 Å². The van der Waals surface area contributed by atoms with Crippen LogP contribution in [0.3, 0.4) is 0 Å². The largest absolute Gasteiger partial charge is 0.366 e. The number of nitrogens with two attached hydrogens (primary N) is 1. The number of likely N-dealkylation sites (N-methyl/N-ethyl adjacent to an activating group) is 1. The van der Waals surface area contributed by atoms with E-state index in [1.165, 1.54) is 23.4 Å². The fraction of sp³-hybridized carbons (Fsp3) is 0.304. The van der Waals surface area contributed by atoms with Crippen molar-refractivity contribution >= 4 is 40.1 Å². The Morgan fingerprint density at radius 1 is 1.15 bits per heavy atom. The number of benzene rings is 1. The molecule has 3 N–H and O–H groups in total. The molecule has 1 saturated heterocycles. The van der Waals surface area contributed by atoms with Crippen LogP contribution in [0.1, 0.15) is 23.5 Å². The first kappa shape index (κ1) is 21.4. The molecule has 0 bridgehead atoms. The number of aromatic nitrogens is 4. The third-order valence-corrected chi connectivity index (χ3v) is 7.15. The van der Waals surface area contributed by atoms with Crippen LogP contribution in [0.5, 0.6) is 0 Å². The zero-order chi connectivity index (χ0) is 23.1. The normalized spacial score (nSPS) is 19.2. The lowest BCUT2D eigenvalue weighted by Crippen LogP contribution is -2.55. The van der Waals surface area contributed by atoms with E-state index in [0.717, 1.165) is 30.0 Å². The molecule has 0 saturated carbocycles. The van der Waals surface area contributed by atoms with Gasteiger partial charge >= 0.3 is 0 Å². The molecule has 1 aliphatic heterocycles. The van der Waals surface area contributed by atoms with Crippen LogP contribution in [-0.4, -0.2) is 62.6 Å². The number of amides is 1. The summed E-state index contributed by atoms with van der Waals surface area (Å²) >= 11 is 1.30. The van der Waals surface area contributed by atoms with Gasteiger partial charge in [-0.15, -0.1) is 11.3 Å². The standard InChI is InChI=1S/C23H26N8OS/c1-14-11-30(15(2)10-29(14)3)18-6-4-17(5-7-18)28-22-23-26-13-27-31(23)19(9-25-22)16-8-20(21(24)32)33-12-16/h4-9,12-15H,10-11H2,1-3H3,(H2,24,32)(H,25,28)/t14?,15-/m0/s1. The first-order chi connectivity index (χ1) is 15.9. The van der Waals surface area contributed by atoms with Gasteiger partial charge in [-0.1, -0.05) is 0 Å². The van der Waals surface area contributed by atoms with Crippen molar-refractivity contribution in [3.63, 3.8) is 0 Å². The summed E-state index contributed by atoms with van der Waals surface area (Å²) in [5.74, 6) is 0.159. The summed E-state index contributed by atoms with van der Waals surface area (Å²) in [4.78, 5) is 25.8. The molecule has 4 aromatic rings. The maximum atomic E-state index is 11.5. The molecule has 10 heteroatoms. The van der Waals surface area contributed by atoms with Crippen molar-refractivity contribution in [3.8, 4) is 11.3 Å².